The Morgan fingerprint density at radius 1 is 1.19 bits per heavy atom. The van der Waals surface area contributed by atoms with Gasteiger partial charge in [-0.1, -0.05) is 12.2 Å². The first-order valence-electron chi connectivity index (χ1n) is 7.68. The van der Waals surface area contributed by atoms with Crippen LogP contribution in [0.1, 0.15) is 25.7 Å². The molecule has 4 aliphatic rings. The molecule has 2 heterocycles. The van der Waals surface area contributed by atoms with E-state index < -0.39 is 11.6 Å². The van der Waals surface area contributed by atoms with Crippen LogP contribution in [0, 0.1) is 17.8 Å². The van der Waals surface area contributed by atoms with Gasteiger partial charge in [-0.05, 0) is 37.5 Å². The van der Waals surface area contributed by atoms with E-state index in [0.717, 1.165) is 12.8 Å². The van der Waals surface area contributed by atoms with E-state index in [-0.39, 0.29) is 17.7 Å². The molecule has 112 valence electrons. The first kappa shape index (κ1) is 12.9. The van der Waals surface area contributed by atoms with Crippen LogP contribution in [-0.4, -0.2) is 41.4 Å². The predicted molar refractivity (Wildman–Crippen MR) is 74.1 cm³/mol. The Morgan fingerprint density at radius 3 is 2.48 bits per heavy atom. The monoisotopic (exact) mass is 289 g/mol. The Balaban J connectivity index is 1.41. The van der Waals surface area contributed by atoms with E-state index >= 15 is 0 Å². The van der Waals surface area contributed by atoms with Crippen LogP contribution in [-0.2, 0) is 9.59 Å². The molecular weight excluding hydrogens is 270 g/mol. The number of urea groups is 1. The molecule has 6 heteroatoms. The molecule has 0 aromatic rings. The van der Waals surface area contributed by atoms with E-state index in [1.165, 1.54) is 0 Å². The maximum absolute atomic E-state index is 12.6. The third-order valence-electron chi connectivity index (χ3n) is 5.54. The number of allylic oxidation sites excluding steroid dienone is 2. The number of piperidine rings is 1. The molecule has 2 N–H and O–H groups in total. The topological polar surface area (TPSA) is 78.5 Å². The molecule has 2 bridgehead atoms. The van der Waals surface area contributed by atoms with Crippen molar-refractivity contribution < 1.29 is 14.4 Å². The molecule has 2 aliphatic heterocycles. The number of amides is 4. The van der Waals surface area contributed by atoms with Gasteiger partial charge in [0.1, 0.15) is 5.54 Å². The summed E-state index contributed by atoms with van der Waals surface area (Å²) in [5.74, 6) is 1.10. The minimum absolute atomic E-state index is 0.126. The molecule has 21 heavy (non-hydrogen) atoms. The van der Waals surface area contributed by atoms with Crippen molar-refractivity contribution in [2.45, 2.75) is 31.2 Å². The first-order valence-corrected chi connectivity index (χ1v) is 7.68. The lowest BCUT2D eigenvalue weighted by Crippen LogP contribution is -2.56. The summed E-state index contributed by atoms with van der Waals surface area (Å²) in [7, 11) is 0. The van der Waals surface area contributed by atoms with Crippen LogP contribution in [0.4, 0.5) is 4.79 Å². The van der Waals surface area contributed by atoms with Crippen LogP contribution in [0.25, 0.3) is 0 Å². The second-order valence-corrected chi connectivity index (χ2v) is 6.70. The van der Waals surface area contributed by atoms with Gasteiger partial charge in [-0.2, -0.15) is 0 Å². The van der Waals surface area contributed by atoms with Gasteiger partial charge in [0.25, 0.3) is 5.91 Å². The standard InChI is InChI=1S/C15H19N3O3/c19-12(11-8-9-1-2-10(11)7-9)18-5-3-15(4-6-18)13(20)16-14(21)17-15/h1-2,9-11H,3-8H2,(H2,16,17,20,21). The van der Waals surface area contributed by atoms with Gasteiger partial charge in [-0.3, -0.25) is 14.9 Å². The summed E-state index contributed by atoms with van der Waals surface area (Å²) in [5.41, 5.74) is -0.789. The maximum Gasteiger partial charge on any atom is 0.322 e. The molecule has 6 nitrogen and oxygen atoms in total. The van der Waals surface area contributed by atoms with Crippen molar-refractivity contribution in [3.63, 3.8) is 0 Å². The van der Waals surface area contributed by atoms with Crippen LogP contribution in [0.15, 0.2) is 12.2 Å². The van der Waals surface area contributed by atoms with E-state index in [0.29, 0.717) is 37.8 Å². The zero-order chi connectivity index (χ0) is 14.6. The number of carbonyl (C=O) groups is 3. The molecule has 2 saturated heterocycles. The highest BCUT2D eigenvalue weighted by molar-refractivity contribution is 6.07. The van der Waals surface area contributed by atoms with Gasteiger partial charge in [-0.25, -0.2) is 4.79 Å². The van der Waals surface area contributed by atoms with Crippen LogP contribution in [0.2, 0.25) is 0 Å². The number of nitrogens with one attached hydrogen (secondary N) is 2. The summed E-state index contributed by atoms with van der Waals surface area (Å²) < 4.78 is 0. The van der Waals surface area contributed by atoms with Crippen LogP contribution in [0.3, 0.4) is 0 Å². The first-order chi connectivity index (χ1) is 10.1. The van der Waals surface area contributed by atoms with Gasteiger partial charge < -0.3 is 10.2 Å². The molecule has 3 unspecified atom stereocenters. The number of hydrogen-bond donors (Lipinski definition) is 2. The van der Waals surface area contributed by atoms with Crippen molar-refractivity contribution in [3.8, 4) is 0 Å². The van der Waals surface area contributed by atoms with Gasteiger partial charge >= 0.3 is 6.03 Å². The number of carbonyl (C=O) groups excluding carboxylic acids is 3. The normalized spacial score (nSPS) is 36.2. The van der Waals surface area contributed by atoms with Crippen LogP contribution >= 0.6 is 0 Å². The highest BCUT2D eigenvalue weighted by Gasteiger charge is 2.49. The fourth-order valence-corrected chi connectivity index (χ4v) is 4.29. The molecule has 3 atom stereocenters. The third kappa shape index (κ3) is 1.88. The van der Waals surface area contributed by atoms with Crippen molar-refractivity contribution >= 4 is 17.8 Å². The molecule has 0 aromatic carbocycles. The van der Waals surface area contributed by atoms with E-state index in [2.05, 4.69) is 22.8 Å². The number of hydrogen-bond acceptors (Lipinski definition) is 3. The lowest BCUT2D eigenvalue weighted by molar-refractivity contribution is -0.140. The Bertz CT molecular complexity index is 548. The molecule has 0 radical (unpaired) electrons. The molecular formula is C15H19N3O3. The molecule has 4 amide bonds. The van der Waals surface area contributed by atoms with E-state index in [1.54, 1.807) is 0 Å². The summed E-state index contributed by atoms with van der Waals surface area (Å²) in [6, 6.07) is -0.419. The Morgan fingerprint density at radius 2 is 1.95 bits per heavy atom. The Kier molecular flexibility index (Phi) is 2.65. The Hall–Kier alpha value is -1.85. The molecule has 4 rings (SSSR count). The van der Waals surface area contributed by atoms with Crippen molar-refractivity contribution in [2.75, 3.05) is 13.1 Å². The van der Waals surface area contributed by atoms with Crippen LogP contribution < -0.4 is 10.6 Å². The zero-order valence-electron chi connectivity index (χ0n) is 11.8. The summed E-state index contributed by atoms with van der Waals surface area (Å²) in [6.07, 6.45) is 7.52. The van der Waals surface area contributed by atoms with Crippen molar-refractivity contribution in [1.29, 1.82) is 0 Å². The van der Waals surface area contributed by atoms with Crippen molar-refractivity contribution in [1.82, 2.24) is 15.5 Å². The number of likely N-dealkylation sites (tertiary alicyclic amines) is 1. The van der Waals surface area contributed by atoms with Crippen molar-refractivity contribution in [2.24, 2.45) is 17.8 Å². The highest BCUT2D eigenvalue weighted by atomic mass is 16.2. The highest BCUT2D eigenvalue weighted by Crippen LogP contribution is 2.44. The fraction of sp³-hybridized carbons (Fsp3) is 0.667. The lowest BCUT2D eigenvalue weighted by atomic mass is 9.86. The SMILES string of the molecule is O=C1NC(=O)C2(CCN(C(=O)C3CC4C=CC3C4)CC2)N1. The fourth-order valence-electron chi connectivity index (χ4n) is 4.29. The molecule has 3 fully saturated rings. The maximum atomic E-state index is 12.6. The minimum atomic E-state index is -0.789. The summed E-state index contributed by atoms with van der Waals surface area (Å²) in [5, 5.41) is 5.02. The molecule has 1 saturated carbocycles. The van der Waals surface area contributed by atoms with E-state index in [9.17, 15) is 14.4 Å². The quantitative estimate of drug-likeness (QED) is 0.542. The molecule has 0 aromatic heterocycles. The minimum Gasteiger partial charge on any atom is -0.342 e. The number of imide groups is 1. The molecule has 2 aliphatic carbocycles. The summed E-state index contributed by atoms with van der Waals surface area (Å²) >= 11 is 0. The van der Waals surface area contributed by atoms with Gasteiger partial charge in [0.2, 0.25) is 5.91 Å². The van der Waals surface area contributed by atoms with E-state index in [1.807, 2.05) is 4.90 Å². The summed E-state index contributed by atoms with van der Waals surface area (Å²) in [4.78, 5) is 37.7. The van der Waals surface area contributed by atoms with Crippen molar-refractivity contribution in [3.05, 3.63) is 12.2 Å². The second kappa shape index (κ2) is 4.32. The number of rotatable bonds is 1. The average Bonchev–Trinajstić information content (AvgIpc) is 3.15. The average molecular weight is 289 g/mol. The van der Waals surface area contributed by atoms with Gasteiger partial charge in [0.05, 0.1) is 0 Å². The predicted octanol–water partition coefficient (Wildman–Crippen LogP) is 0.399. The lowest BCUT2D eigenvalue weighted by Gasteiger charge is -2.38. The zero-order valence-corrected chi connectivity index (χ0v) is 11.8. The number of fused-ring (bicyclic) bond motifs is 2. The third-order valence-corrected chi connectivity index (χ3v) is 5.54. The smallest absolute Gasteiger partial charge is 0.322 e. The largest absolute Gasteiger partial charge is 0.342 e. The van der Waals surface area contributed by atoms with Gasteiger partial charge in [0.15, 0.2) is 0 Å². The number of nitrogens with zero attached hydrogens (tertiary/aromatic N) is 1. The van der Waals surface area contributed by atoms with Gasteiger partial charge in [0, 0.05) is 19.0 Å². The molecule has 1 spiro atoms. The Labute approximate surface area is 122 Å². The van der Waals surface area contributed by atoms with Crippen LogP contribution in [0.5, 0.6) is 0 Å². The van der Waals surface area contributed by atoms with E-state index in [4.69, 9.17) is 0 Å². The summed E-state index contributed by atoms with van der Waals surface area (Å²) in [6.45, 7) is 1.09. The second-order valence-electron chi connectivity index (χ2n) is 6.70. The van der Waals surface area contributed by atoms with Gasteiger partial charge in [-0.15, -0.1) is 0 Å².